The maximum atomic E-state index is 11.0. The average molecular weight is 194 g/mol. The topological polar surface area (TPSA) is 17.1 Å². The summed E-state index contributed by atoms with van der Waals surface area (Å²) in [6.45, 7) is 2.17. The van der Waals surface area contributed by atoms with Crippen molar-refractivity contribution in [1.82, 2.24) is 0 Å². The van der Waals surface area contributed by atoms with E-state index in [1.54, 1.807) is 0 Å². The number of Topliss-reactive ketones (excluding diaryl/α,β-unsaturated/α-hetero) is 1. The predicted molar refractivity (Wildman–Crippen MR) is 60.2 cm³/mol. The van der Waals surface area contributed by atoms with Crippen molar-refractivity contribution in [3.05, 3.63) is 12.2 Å². The molecule has 0 aliphatic heterocycles. The van der Waals surface area contributed by atoms with Crippen LogP contribution >= 0.6 is 0 Å². The molecular formula is C13H22O. The SMILES string of the molecule is CC/C=C\CCCC[C@H]1CCC(=O)C1. The minimum atomic E-state index is 0.487. The third-order valence-corrected chi connectivity index (χ3v) is 2.98. The Labute approximate surface area is 87.6 Å². The molecule has 1 aliphatic carbocycles. The summed E-state index contributed by atoms with van der Waals surface area (Å²) in [7, 11) is 0. The first kappa shape index (κ1) is 11.5. The maximum Gasteiger partial charge on any atom is 0.133 e. The first-order chi connectivity index (χ1) is 6.83. The van der Waals surface area contributed by atoms with Crippen molar-refractivity contribution in [2.24, 2.45) is 5.92 Å². The highest BCUT2D eigenvalue weighted by atomic mass is 16.1. The van der Waals surface area contributed by atoms with Gasteiger partial charge in [-0.2, -0.15) is 0 Å². The molecule has 0 N–H and O–H groups in total. The summed E-state index contributed by atoms with van der Waals surface area (Å²) in [5, 5.41) is 0. The molecule has 0 bridgehead atoms. The van der Waals surface area contributed by atoms with Crippen LogP contribution < -0.4 is 0 Å². The lowest BCUT2D eigenvalue weighted by Gasteiger charge is -2.05. The molecule has 0 amide bonds. The Morgan fingerprint density at radius 1 is 1.36 bits per heavy atom. The second-order valence-corrected chi connectivity index (χ2v) is 4.31. The third-order valence-electron chi connectivity index (χ3n) is 2.98. The third kappa shape index (κ3) is 4.59. The van der Waals surface area contributed by atoms with Crippen LogP contribution in [0.5, 0.6) is 0 Å². The van der Waals surface area contributed by atoms with Gasteiger partial charge in [0.2, 0.25) is 0 Å². The lowest BCUT2D eigenvalue weighted by Crippen LogP contribution is -1.94. The average Bonchev–Trinajstić information content (AvgIpc) is 2.58. The summed E-state index contributed by atoms with van der Waals surface area (Å²) < 4.78 is 0. The van der Waals surface area contributed by atoms with Gasteiger partial charge in [-0.05, 0) is 31.6 Å². The number of unbranched alkanes of at least 4 members (excludes halogenated alkanes) is 2. The van der Waals surface area contributed by atoms with E-state index in [4.69, 9.17) is 0 Å². The molecule has 14 heavy (non-hydrogen) atoms. The van der Waals surface area contributed by atoms with Crippen LogP contribution in [-0.2, 0) is 4.79 Å². The number of hydrogen-bond acceptors (Lipinski definition) is 1. The first-order valence-corrected chi connectivity index (χ1v) is 5.99. The van der Waals surface area contributed by atoms with E-state index in [-0.39, 0.29) is 0 Å². The van der Waals surface area contributed by atoms with E-state index in [1.165, 1.54) is 25.7 Å². The number of ketones is 1. The summed E-state index contributed by atoms with van der Waals surface area (Å²) in [6, 6.07) is 0. The van der Waals surface area contributed by atoms with Gasteiger partial charge in [0.25, 0.3) is 0 Å². The van der Waals surface area contributed by atoms with Crippen molar-refractivity contribution >= 4 is 5.78 Å². The Hall–Kier alpha value is -0.590. The van der Waals surface area contributed by atoms with E-state index in [0.29, 0.717) is 5.78 Å². The number of allylic oxidation sites excluding steroid dienone is 2. The Balaban J connectivity index is 1.94. The molecule has 1 fully saturated rings. The quantitative estimate of drug-likeness (QED) is 0.463. The molecule has 0 aromatic heterocycles. The van der Waals surface area contributed by atoms with E-state index >= 15 is 0 Å². The summed E-state index contributed by atoms with van der Waals surface area (Å²) in [6.07, 6.45) is 13.6. The minimum absolute atomic E-state index is 0.487. The molecule has 0 saturated heterocycles. The van der Waals surface area contributed by atoms with Crippen LogP contribution in [0.25, 0.3) is 0 Å². The molecule has 0 spiro atoms. The van der Waals surface area contributed by atoms with Crippen molar-refractivity contribution in [2.45, 2.75) is 58.3 Å². The molecule has 0 aromatic carbocycles. The molecule has 1 nitrogen and oxygen atoms in total. The number of hydrogen-bond donors (Lipinski definition) is 0. The molecule has 1 aliphatic rings. The van der Waals surface area contributed by atoms with Crippen molar-refractivity contribution in [1.29, 1.82) is 0 Å². The smallest absolute Gasteiger partial charge is 0.133 e. The minimum Gasteiger partial charge on any atom is -0.300 e. The van der Waals surface area contributed by atoms with Gasteiger partial charge < -0.3 is 0 Å². The first-order valence-electron chi connectivity index (χ1n) is 5.99. The normalized spacial score (nSPS) is 22.4. The molecule has 80 valence electrons. The molecular weight excluding hydrogens is 172 g/mol. The molecule has 1 rings (SSSR count). The Morgan fingerprint density at radius 3 is 2.86 bits per heavy atom. The van der Waals surface area contributed by atoms with Gasteiger partial charge in [0, 0.05) is 12.8 Å². The zero-order valence-corrected chi connectivity index (χ0v) is 9.30. The van der Waals surface area contributed by atoms with E-state index in [2.05, 4.69) is 19.1 Å². The van der Waals surface area contributed by atoms with Gasteiger partial charge in [-0.3, -0.25) is 4.79 Å². The number of carbonyl (C=O) groups excluding carboxylic acids is 1. The molecule has 1 saturated carbocycles. The van der Waals surface area contributed by atoms with Gasteiger partial charge >= 0.3 is 0 Å². The highest BCUT2D eigenvalue weighted by Crippen LogP contribution is 2.26. The maximum absolute atomic E-state index is 11.0. The molecule has 0 unspecified atom stereocenters. The number of rotatable bonds is 6. The molecule has 0 aromatic rings. The monoisotopic (exact) mass is 194 g/mol. The van der Waals surface area contributed by atoms with E-state index in [9.17, 15) is 4.79 Å². The summed E-state index contributed by atoms with van der Waals surface area (Å²) in [5.41, 5.74) is 0. The largest absolute Gasteiger partial charge is 0.300 e. The molecule has 1 heteroatoms. The highest BCUT2D eigenvalue weighted by Gasteiger charge is 2.20. The molecule has 0 heterocycles. The summed E-state index contributed by atoms with van der Waals surface area (Å²) in [5.74, 6) is 1.21. The Bertz CT molecular complexity index is 193. The van der Waals surface area contributed by atoms with Crippen LogP contribution in [0, 0.1) is 5.92 Å². The van der Waals surface area contributed by atoms with E-state index < -0.39 is 0 Å². The molecule has 0 radical (unpaired) electrons. The fourth-order valence-corrected chi connectivity index (χ4v) is 2.12. The summed E-state index contributed by atoms with van der Waals surface area (Å²) >= 11 is 0. The number of carbonyl (C=O) groups is 1. The fourth-order valence-electron chi connectivity index (χ4n) is 2.12. The van der Waals surface area contributed by atoms with Crippen LogP contribution in [0.1, 0.15) is 58.3 Å². The van der Waals surface area contributed by atoms with E-state index in [0.717, 1.165) is 31.6 Å². The van der Waals surface area contributed by atoms with Gasteiger partial charge in [0.05, 0.1) is 0 Å². The molecule has 1 atom stereocenters. The summed E-state index contributed by atoms with van der Waals surface area (Å²) in [4.78, 5) is 11.0. The lowest BCUT2D eigenvalue weighted by molar-refractivity contribution is -0.117. The van der Waals surface area contributed by atoms with Gasteiger partial charge in [0.1, 0.15) is 5.78 Å². The highest BCUT2D eigenvalue weighted by molar-refractivity contribution is 5.80. The standard InChI is InChI=1S/C13H22O/c1-2-3-4-5-6-7-8-12-9-10-13(14)11-12/h3-4,12H,2,5-11H2,1H3/b4-3-/t12-/m0/s1. The fraction of sp³-hybridized carbons (Fsp3) is 0.769. The lowest BCUT2D eigenvalue weighted by atomic mass is 10.00. The van der Waals surface area contributed by atoms with Gasteiger partial charge in [0.15, 0.2) is 0 Å². The predicted octanol–water partition coefficient (Wildman–Crippen LogP) is 3.88. The van der Waals surface area contributed by atoms with E-state index in [1.807, 2.05) is 0 Å². The Kier molecular flexibility index (Phi) is 5.58. The van der Waals surface area contributed by atoms with Crippen LogP contribution in [0.3, 0.4) is 0 Å². The van der Waals surface area contributed by atoms with Crippen LogP contribution in [0.15, 0.2) is 12.2 Å². The van der Waals surface area contributed by atoms with Gasteiger partial charge in [-0.15, -0.1) is 0 Å². The van der Waals surface area contributed by atoms with Crippen molar-refractivity contribution in [2.75, 3.05) is 0 Å². The van der Waals surface area contributed by atoms with Gasteiger partial charge in [-0.25, -0.2) is 0 Å². The van der Waals surface area contributed by atoms with Crippen molar-refractivity contribution in [3.63, 3.8) is 0 Å². The van der Waals surface area contributed by atoms with Gasteiger partial charge in [-0.1, -0.05) is 31.9 Å². The zero-order valence-electron chi connectivity index (χ0n) is 9.30. The van der Waals surface area contributed by atoms with Crippen molar-refractivity contribution in [3.8, 4) is 0 Å². The van der Waals surface area contributed by atoms with Crippen LogP contribution in [0.4, 0.5) is 0 Å². The van der Waals surface area contributed by atoms with Crippen molar-refractivity contribution < 1.29 is 4.79 Å². The van der Waals surface area contributed by atoms with Crippen LogP contribution in [0.2, 0.25) is 0 Å². The second-order valence-electron chi connectivity index (χ2n) is 4.31. The Morgan fingerprint density at radius 2 is 2.21 bits per heavy atom. The van der Waals surface area contributed by atoms with Crippen LogP contribution in [-0.4, -0.2) is 5.78 Å². The zero-order chi connectivity index (χ0) is 10.2. The second kappa shape index (κ2) is 6.80.